The number of hydrogen-bond donors (Lipinski definition) is 1. The molecule has 0 radical (unpaired) electrons. The lowest BCUT2D eigenvalue weighted by atomic mass is 10.0. The van der Waals surface area contributed by atoms with Gasteiger partial charge in [0, 0.05) is 25.0 Å². The number of nitrogens with zero attached hydrogens (tertiary/aromatic N) is 5. The third-order valence-corrected chi connectivity index (χ3v) is 5.40. The summed E-state index contributed by atoms with van der Waals surface area (Å²) in [6.07, 6.45) is 5.50. The van der Waals surface area contributed by atoms with Crippen LogP contribution in [0.2, 0.25) is 0 Å². The average molecular weight is 411 g/mol. The van der Waals surface area contributed by atoms with Gasteiger partial charge in [-0.1, -0.05) is 43.8 Å². The van der Waals surface area contributed by atoms with Crippen LogP contribution in [0.3, 0.4) is 0 Å². The largest absolute Gasteiger partial charge is 0.325 e. The fraction of sp³-hybridized carbons (Fsp3) is 0.333. The maximum Gasteiger partial charge on any atom is 0.234 e. The molecule has 3 rings (SSSR count). The molecule has 0 aliphatic rings. The summed E-state index contributed by atoms with van der Waals surface area (Å²) in [6, 6.07) is 7.94. The van der Waals surface area contributed by atoms with Gasteiger partial charge in [0.1, 0.15) is 0 Å². The first-order valence-corrected chi connectivity index (χ1v) is 10.6. The van der Waals surface area contributed by atoms with E-state index in [1.165, 1.54) is 17.3 Å². The third-order valence-electron chi connectivity index (χ3n) is 4.44. The van der Waals surface area contributed by atoms with E-state index in [1.54, 1.807) is 12.3 Å². The van der Waals surface area contributed by atoms with Gasteiger partial charge in [-0.2, -0.15) is 5.10 Å². The fourth-order valence-corrected chi connectivity index (χ4v) is 3.58. The molecule has 1 aromatic carbocycles. The third kappa shape index (κ3) is 5.14. The molecule has 0 spiro atoms. The highest BCUT2D eigenvalue weighted by atomic mass is 32.2. The van der Waals surface area contributed by atoms with Crippen LogP contribution in [0.15, 0.2) is 54.5 Å². The molecule has 2 aromatic heterocycles. The number of allylic oxidation sites excluding steroid dienone is 1. The molecule has 0 unspecified atom stereocenters. The number of benzene rings is 1. The highest BCUT2D eigenvalue weighted by molar-refractivity contribution is 7.99. The molecule has 1 N–H and O–H groups in total. The minimum atomic E-state index is -0.0826. The van der Waals surface area contributed by atoms with Crippen LogP contribution in [0, 0.1) is 0 Å². The second-order valence-corrected chi connectivity index (χ2v) is 7.85. The normalized spacial score (nSPS) is 11.0. The Hall–Kier alpha value is -2.87. The van der Waals surface area contributed by atoms with Crippen molar-refractivity contribution in [2.75, 3.05) is 11.1 Å². The zero-order valence-corrected chi connectivity index (χ0v) is 17.8. The van der Waals surface area contributed by atoms with Gasteiger partial charge in [0.15, 0.2) is 11.0 Å². The Labute approximate surface area is 175 Å². The monoisotopic (exact) mass is 410 g/mol. The Bertz CT molecular complexity index is 973. The second-order valence-electron chi connectivity index (χ2n) is 6.90. The number of rotatable bonds is 9. The first-order valence-electron chi connectivity index (χ1n) is 9.61. The molecule has 8 heteroatoms. The highest BCUT2D eigenvalue weighted by Crippen LogP contribution is 2.24. The number of carbonyl (C=O) groups is 1. The first-order chi connectivity index (χ1) is 14.0. The Morgan fingerprint density at radius 1 is 1.28 bits per heavy atom. The van der Waals surface area contributed by atoms with Gasteiger partial charge in [-0.25, -0.2) is 0 Å². The lowest BCUT2D eigenvalue weighted by Crippen LogP contribution is -2.14. The summed E-state index contributed by atoms with van der Waals surface area (Å²) in [4.78, 5) is 12.4. The van der Waals surface area contributed by atoms with Crippen LogP contribution in [0.5, 0.6) is 0 Å². The molecule has 0 aliphatic heterocycles. The molecule has 152 valence electrons. The number of amides is 1. The molecule has 0 aliphatic carbocycles. The lowest BCUT2D eigenvalue weighted by Gasteiger charge is -2.09. The van der Waals surface area contributed by atoms with Crippen LogP contribution in [-0.4, -0.2) is 36.2 Å². The Kier molecular flexibility index (Phi) is 6.87. The number of aromatic nitrogens is 5. The van der Waals surface area contributed by atoms with Crippen molar-refractivity contribution in [3.63, 3.8) is 0 Å². The van der Waals surface area contributed by atoms with E-state index >= 15 is 0 Å². The van der Waals surface area contributed by atoms with Crippen LogP contribution < -0.4 is 5.32 Å². The van der Waals surface area contributed by atoms with E-state index in [2.05, 4.69) is 41.0 Å². The van der Waals surface area contributed by atoms with E-state index in [-0.39, 0.29) is 11.7 Å². The maximum atomic E-state index is 12.4. The van der Waals surface area contributed by atoms with Gasteiger partial charge >= 0.3 is 0 Å². The minimum absolute atomic E-state index is 0.0826. The molecule has 2 heterocycles. The van der Waals surface area contributed by atoms with Crippen molar-refractivity contribution >= 4 is 23.4 Å². The van der Waals surface area contributed by atoms with Crippen LogP contribution in [0.25, 0.3) is 11.4 Å². The fourth-order valence-electron chi connectivity index (χ4n) is 2.83. The predicted molar refractivity (Wildman–Crippen MR) is 117 cm³/mol. The number of anilines is 1. The van der Waals surface area contributed by atoms with Crippen molar-refractivity contribution in [2.45, 2.75) is 44.9 Å². The summed E-state index contributed by atoms with van der Waals surface area (Å²) in [6.45, 7) is 11.5. The molecule has 0 saturated heterocycles. The van der Waals surface area contributed by atoms with E-state index in [1.807, 2.05) is 46.6 Å². The Morgan fingerprint density at radius 2 is 2.03 bits per heavy atom. The van der Waals surface area contributed by atoms with E-state index in [0.29, 0.717) is 17.6 Å². The van der Waals surface area contributed by atoms with Gasteiger partial charge in [0.05, 0.1) is 17.5 Å². The smallest absolute Gasteiger partial charge is 0.234 e. The van der Waals surface area contributed by atoms with E-state index < -0.39 is 0 Å². The van der Waals surface area contributed by atoms with Crippen LogP contribution in [-0.2, 0) is 17.9 Å². The summed E-state index contributed by atoms with van der Waals surface area (Å²) in [5, 5.41) is 16.5. The summed E-state index contributed by atoms with van der Waals surface area (Å²) >= 11 is 1.35. The molecule has 0 saturated carbocycles. The van der Waals surface area contributed by atoms with Gasteiger partial charge in [-0.15, -0.1) is 16.8 Å². The molecule has 0 fully saturated rings. The molecule has 3 aromatic rings. The van der Waals surface area contributed by atoms with Crippen molar-refractivity contribution in [3.8, 4) is 11.4 Å². The van der Waals surface area contributed by atoms with Crippen LogP contribution >= 0.6 is 11.8 Å². The van der Waals surface area contributed by atoms with Gasteiger partial charge < -0.3 is 5.32 Å². The second kappa shape index (κ2) is 9.56. The summed E-state index contributed by atoms with van der Waals surface area (Å²) in [7, 11) is 0. The lowest BCUT2D eigenvalue weighted by molar-refractivity contribution is -0.113. The minimum Gasteiger partial charge on any atom is -0.325 e. The highest BCUT2D eigenvalue weighted by Gasteiger charge is 2.16. The van der Waals surface area contributed by atoms with Crippen LogP contribution in [0.4, 0.5) is 5.69 Å². The van der Waals surface area contributed by atoms with Crippen LogP contribution in [0.1, 0.15) is 32.3 Å². The first kappa shape index (κ1) is 20.9. The van der Waals surface area contributed by atoms with Crippen molar-refractivity contribution in [1.82, 2.24) is 24.5 Å². The number of hydrogen-bond acceptors (Lipinski definition) is 5. The van der Waals surface area contributed by atoms with Gasteiger partial charge in [-0.3, -0.25) is 14.0 Å². The van der Waals surface area contributed by atoms with E-state index in [4.69, 9.17) is 0 Å². The maximum absolute atomic E-state index is 12.4. The Balaban J connectivity index is 1.66. The van der Waals surface area contributed by atoms with Crippen molar-refractivity contribution < 1.29 is 4.79 Å². The number of carbonyl (C=O) groups excluding carboxylic acids is 1. The number of aryl methyl sites for hydroxylation is 1. The van der Waals surface area contributed by atoms with Gasteiger partial charge in [0.25, 0.3) is 0 Å². The molecule has 29 heavy (non-hydrogen) atoms. The zero-order chi connectivity index (χ0) is 20.8. The molecular formula is C21H26N6OS. The molecular weight excluding hydrogens is 384 g/mol. The van der Waals surface area contributed by atoms with Gasteiger partial charge in [-0.05, 0) is 30.5 Å². The van der Waals surface area contributed by atoms with Crippen molar-refractivity contribution in [3.05, 3.63) is 54.9 Å². The quantitative estimate of drug-likeness (QED) is 0.422. The van der Waals surface area contributed by atoms with E-state index in [9.17, 15) is 4.79 Å². The van der Waals surface area contributed by atoms with Gasteiger partial charge in [0.2, 0.25) is 5.91 Å². The summed E-state index contributed by atoms with van der Waals surface area (Å²) < 4.78 is 3.78. The summed E-state index contributed by atoms with van der Waals surface area (Å²) in [5.41, 5.74) is 2.93. The zero-order valence-electron chi connectivity index (χ0n) is 17.0. The summed E-state index contributed by atoms with van der Waals surface area (Å²) in [5.74, 6) is 1.35. The topological polar surface area (TPSA) is 77.6 Å². The predicted octanol–water partition coefficient (Wildman–Crippen LogP) is 4.20. The molecule has 0 bridgehead atoms. The van der Waals surface area contributed by atoms with Crippen molar-refractivity contribution in [1.29, 1.82) is 0 Å². The standard InChI is InChI=1S/C21H26N6OS/c1-5-11-27-20(17-12-22-26(6-2)13-17)24-25-21(27)29-14-19(28)23-18-9-7-16(8-10-18)15(3)4/h5,7-10,12-13,15H,1,6,11,14H2,2-4H3,(H,23,28). The Morgan fingerprint density at radius 3 is 2.66 bits per heavy atom. The molecule has 1 amide bonds. The number of nitrogens with one attached hydrogen (secondary N) is 1. The van der Waals surface area contributed by atoms with Crippen molar-refractivity contribution in [2.24, 2.45) is 0 Å². The van der Waals surface area contributed by atoms with E-state index in [0.717, 1.165) is 23.6 Å². The molecule has 0 atom stereocenters. The average Bonchev–Trinajstić information content (AvgIpc) is 3.34. The number of thioether (sulfide) groups is 1. The molecule has 7 nitrogen and oxygen atoms in total. The SMILES string of the molecule is C=CCn1c(SCC(=O)Nc2ccc(C(C)C)cc2)nnc1-c1cnn(CC)c1.